The molecule has 1 saturated carbocycles. The Morgan fingerprint density at radius 2 is 1.91 bits per heavy atom. The van der Waals surface area contributed by atoms with Crippen molar-refractivity contribution in [1.29, 1.82) is 0 Å². The van der Waals surface area contributed by atoms with Crippen molar-refractivity contribution >= 4 is 11.6 Å². The summed E-state index contributed by atoms with van der Waals surface area (Å²) in [5, 5.41) is 6.44. The van der Waals surface area contributed by atoms with Crippen LogP contribution >= 0.6 is 0 Å². The Hall–Kier alpha value is -1.55. The van der Waals surface area contributed by atoms with Gasteiger partial charge in [0, 0.05) is 29.9 Å². The van der Waals surface area contributed by atoms with Gasteiger partial charge in [-0.25, -0.2) is 0 Å². The van der Waals surface area contributed by atoms with E-state index in [0.717, 1.165) is 36.2 Å². The zero-order valence-electron chi connectivity index (χ0n) is 14.0. The Kier molecular flexibility index (Phi) is 5.83. The maximum atomic E-state index is 12.1. The van der Waals surface area contributed by atoms with E-state index in [1.807, 2.05) is 32.9 Å². The second-order valence-corrected chi connectivity index (χ2v) is 6.88. The third-order valence-electron chi connectivity index (χ3n) is 4.25. The van der Waals surface area contributed by atoms with Crippen molar-refractivity contribution in [1.82, 2.24) is 5.32 Å². The van der Waals surface area contributed by atoms with Crippen LogP contribution in [0, 0.1) is 12.8 Å². The molecule has 4 N–H and O–H groups in total. The molecule has 2 rings (SSSR count). The summed E-state index contributed by atoms with van der Waals surface area (Å²) in [5.74, 6) is 0.679. The minimum atomic E-state index is -0.00890. The first-order chi connectivity index (χ1) is 10.4. The average molecular weight is 303 g/mol. The average Bonchev–Trinajstić information content (AvgIpc) is 2.45. The molecule has 0 aromatic heterocycles. The van der Waals surface area contributed by atoms with E-state index in [-0.39, 0.29) is 11.9 Å². The van der Waals surface area contributed by atoms with Gasteiger partial charge in [-0.15, -0.1) is 0 Å². The van der Waals surface area contributed by atoms with E-state index in [9.17, 15) is 4.79 Å². The highest BCUT2D eigenvalue weighted by Gasteiger charge is 2.18. The Morgan fingerprint density at radius 1 is 1.23 bits per heavy atom. The van der Waals surface area contributed by atoms with Gasteiger partial charge in [0.2, 0.25) is 0 Å². The molecule has 122 valence electrons. The highest BCUT2D eigenvalue weighted by atomic mass is 16.1. The Balaban J connectivity index is 1.96. The third-order valence-corrected chi connectivity index (χ3v) is 4.25. The molecule has 1 fully saturated rings. The minimum absolute atomic E-state index is 0.00890. The fourth-order valence-corrected chi connectivity index (χ4v) is 3.02. The molecule has 1 amide bonds. The quantitative estimate of drug-likeness (QED) is 0.783. The molecule has 4 nitrogen and oxygen atoms in total. The smallest absolute Gasteiger partial charge is 0.251 e. The number of amides is 1. The number of nitrogens with one attached hydrogen (secondary N) is 2. The van der Waals surface area contributed by atoms with Crippen molar-refractivity contribution in [3.8, 4) is 0 Å². The molecule has 0 bridgehead atoms. The number of hydrogen-bond donors (Lipinski definition) is 3. The molecule has 0 spiro atoms. The van der Waals surface area contributed by atoms with Crippen molar-refractivity contribution in [3.05, 3.63) is 29.3 Å². The van der Waals surface area contributed by atoms with Crippen LogP contribution in [0.1, 0.15) is 55.5 Å². The van der Waals surface area contributed by atoms with Crippen molar-refractivity contribution in [2.24, 2.45) is 11.7 Å². The number of rotatable bonds is 5. The number of anilines is 1. The Bertz CT molecular complexity index is 505. The summed E-state index contributed by atoms with van der Waals surface area (Å²) < 4.78 is 0. The lowest BCUT2D eigenvalue weighted by Crippen LogP contribution is -2.30. The summed E-state index contributed by atoms with van der Waals surface area (Å²) in [4.78, 5) is 12.1. The summed E-state index contributed by atoms with van der Waals surface area (Å²) in [5.41, 5.74) is 8.81. The van der Waals surface area contributed by atoms with E-state index >= 15 is 0 Å². The standard InChI is InChI=1S/C18H29N3O/c1-12(2)21-18(22)15-8-13(3)9-17(10-15)20-11-14-4-6-16(19)7-5-14/h8-10,12,14,16,20H,4-7,11,19H2,1-3H3,(H,21,22). The molecule has 4 heteroatoms. The van der Waals surface area contributed by atoms with Gasteiger partial charge in [0.25, 0.3) is 5.91 Å². The van der Waals surface area contributed by atoms with Crippen molar-refractivity contribution in [3.63, 3.8) is 0 Å². The third kappa shape index (κ3) is 5.02. The lowest BCUT2D eigenvalue weighted by molar-refractivity contribution is 0.0943. The fraction of sp³-hybridized carbons (Fsp3) is 0.611. The van der Waals surface area contributed by atoms with Crippen molar-refractivity contribution < 1.29 is 4.79 Å². The van der Waals surface area contributed by atoms with Gasteiger partial charge in [0.1, 0.15) is 0 Å². The maximum absolute atomic E-state index is 12.1. The van der Waals surface area contributed by atoms with Gasteiger partial charge in [0.05, 0.1) is 0 Å². The summed E-state index contributed by atoms with van der Waals surface area (Å²) >= 11 is 0. The van der Waals surface area contributed by atoms with Crippen LogP contribution in [-0.2, 0) is 0 Å². The summed E-state index contributed by atoms with van der Waals surface area (Å²) in [6, 6.07) is 6.51. The normalized spacial score (nSPS) is 21.7. The van der Waals surface area contributed by atoms with Crippen LogP contribution in [0.4, 0.5) is 5.69 Å². The van der Waals surface area contributed by atoms with Gasteiger partial charge >= 0.3 is 0 Å². The first kappa shape index (κ1) is 16.8. The number of hydrogen-bond acceptors (Lipinski definition) is 3. The zero-order chi connectivity index (χ0) is 16.1. The predicted molar refractivity (Wildman–Crippen MR) is 92.2 cm³/mol. The van der Waals surface area contributed by atoms with Crippen molar-refractivity contribution in [2.45, 2.75) is 58.5 Å². The zero-order valence-corrected chi connectivity index (χ0v) is 14.0. The molecule has 1 aliphatic carbocycles. The maximum Gasteiger partial charge on any atom is 0.251 e. The van der Waals surface area contributed by atoms with Gasteiger partial charge < -0.3 is 16.4 Å². The highest BCUT2D eigenvalue weighted by molar-refractivity contribution is 5.95. The van der Waals surface area contributed by atoms with Crippen LogP contribution in [0.25, 0.3) is 0 Å². The second-order valence-electron chi connectivity index (χ2n) is 6.88. The summed E-state index contributed by atoms with van der Waals surface area (Å²) in [6.07, 6.45) is 4.64. The van der Waals surface area contributed by atoms with Crippen molar-refractivity contribution in [2.75, 3.05) is 11.9 Å². The molecule has 1 aliphatic rings. The van der Waals surface area contributed by atoms with E-state index in [1.54, 1.807) is 0 Å². The van der Waals surface area contributed by atoms with Crippen LogP contribution < -0.4 is 16.4 Å². The van der Waals surface area contributed by atoms with Gasteiger partial charge in [0.15, 0.2) is 0 Å². The topological polar surface area (TPSA) is 67.1 Å². The van der Waals surface area contributed by atoms with Crippen LogP contribution in [0.5, 0.6) is 0 Å². The Labute approximate surface area is 133 Å². The van der Waals surface area contributed by atoms with Crippen LogP contribution in [0.3, 0.4) is 0 Å². The first-order valence-corrected chi connectivity index (χ1v) is 8.36. The fourth-order valence-electron chi connectivity index (χ4n) is 3.02. The summed E-state index contributed by atoms with van der Waals surface area (Å²) in [7, 11) is 0. The van der Waals surface area contributed by atoms with Crippen LogP contribution in [0.2, 0.25) is 0 Å². The van der Waals surface area contributed by atoms with Gasteiger partial charge in [-0.2, -0.15) is 0 Å². The molecule has 0 atom stereocenters. The monoisotopic (exact) mass is 303 g/mol. The minimum Gasteiger partial charge on any atom is -0.385 e. The van der Waals surface area contributed by atoms with E-state index in [2.05, 4.69) is 16.7 Å². The Morgan fingerprint density at radius 3 is 2.55 bits per heavy atom. The number of benzene rings is 1. The highest BCUT2D eigenvalue weighted by Crippen LogP contribution is 2.24. The van der Waals surface area contributed by atoms with E-state index < -0.39 is 0 Å². The van der Waals surface area contributed by atoms with Gasteiger partial charge in [-0.1, -0.05) is 0 Å². The molecular formula is C18H29N3O. The number of carbonyl (C=O) groups excluding carboxylic acids is 1. The molecule has 22 heavy (non-hydrogen) atoms. The predicted octanol–water partition coefficient (Wildman–Crippen LogP) is 3.06. The van der Waals surface area contributed by atoms with Crippen LogP contribution in [0.15, 0.2) is 18.2 Å². The number of aryl methyl sites for hydroxylation is 1. The first-order valence-electron chi connectivity index (χ1n) is 8.36. The molecule has 0 saturated heterocycles. The SMILES string of the molecule is Cc1cc(NCC2CCC(N)CC2)cc(C(=O)NC(C)C)c1. The molecular weight excluding hydrogens is 274 g/mol. The second kappa shape index (κ2) is 7.63. The van der Waals surface area contributed by atoms with Crippen LogP contribution in [-0.4, -0.2) is 24.5 Å². The largest absolute Gasteiger partial charge is 0.385 e. The lowest BCUT2D eigenvalue weighted by Gasteiger charge is -2.26. The van der Waals surface area contributed by atoms with Gasteiger partial charge in [-0.3, -0.25) is 4.79 Å². The molecule has 0 unspecified atom stereocenters. The van der Waals surface area contributed by atoms with E-state index in [0.29, 0.717) is 12.0 Å². The number of carbonyl (C=O) groups is 1. The van der Waals surface area contributed by atoms with Gasteiger partial charge in [-0.05, 0) is 76.1 Å². The molecule has 1 aromatic carbocycles. The summed E-state index contributed by atoms with van der Waals surface area (Å²) in [6.45, 7) is 6.93. The lowest BCUT2D eigenvalue weighted by atomic mass is 9.86. The molecule has 0 heterocycles. The molecule has 0 radical (unpaired) electrons. The van der Waals surface area contributed by atoms with E-state index in [4.69, 9.17) is 5.73 Å². The molecule has 0 aliphatic heterocycles. The number of nitrogens with two attached hydrogens (primary N) is 1. The molecule has 1 aromatic rings. The van der Waals surface area contributed by atoms with E-state index in [1.165, 1.54) is 12.8 Å².